The molecule has 4 aromatic heterocycles. The number of aliphatic carboxylic acids is 1. The summed E-state index contributed by atoms with van der Waals surface area (Å²) in [6.07, 6.45) is 8.34. The number of carbonyl (C=O) groups excluding carboxylic acids is 2. The Kier molecular flexibility index (Phi) is 16.4. The van der Waals surface area contributed by atoms with E-state index in [2.05, 4.69) is 39.0 Å². The number of pyridine rings is 2. The largest absolute Gasteiger partial charge is 0.481 e. The topological polar surface area (TPSA) is 157 Å². The van der Waals surface area contributed by atoms with Gasteiger partial charge in [0.2, 0.25) is 5.91 Å². The summed E-state index contributed by atoms with van der Waals surface area (Å²) in [7, 11) is 0. The highest BCUT2D eigenvalue weighted by Crippen LogP contribution is 2.24. The average molecular weight is 756 g/mol. The van der Waals surface area contributed by atoms with Crippen molar-refractivity contribution in [3.8, 4) is 0 Å². The predicted molar refractivity (Wildman–Crippen MR) is 219 cm³/mol. The first-order valence-electron chi connectivity index (χ1n) is 16.8. The summed E-state index contributed by atoms with van der Waals surface area (Å²) in [5.41, 5.74) is 8.77. The van der Waals surface area contributed by atoms with Crippen molar-refractivity contribution in [3.63, 3.8) is 0 Å². The maximum Gasteiger partial charge on any atom is 0.408 e. The first-order valence-corrected chi connectivity index (χ1v) is 18.7. The van der Waals surface area contributed by atoms with E-state index in [4.69, 9.17) is 15.6 Å². The van der Waals surface area contributed by atoms with Gasteiger partial charge >= 0.3 is 12.1 Å². The monoisotopic (exact) mass is 755 g/mol. The molecule has 53 heavy (non-hydrogen) atoms. The van der Waals surface area contributed by atoms with Gasteiger partial charge in [0.1, 0.15) is 5.60 Å². The van der Waals surface area contributed by atoms with Gasteiger partial charge in [0, 0.05) is 59.8 Å². The van der Waals surface area contributed by atoms with Crippen LogP contribution in [-0.4, -0.2) is 38.6 Å². The molecular weight excluding hydrogens is 707 g/mol. The zero-order valence-electron chi connectivity index (χ0n) is 29.7. The first kappa shape index (κ1) is 42.1. The van der Waals surface area contributed by atoms with Gasteiger partial charge in [-0.15, -0.1) is 0 Å². The number of nitrogens with one attached hydrogen (secondary N) is 2. The molecule has 5 N–H and O–H groups in total. The van der Waals surface area contributed by atoms with Gasteiger partial charge in [0.15, 0.2) is 0 Å². The van der Waals surface area contributed by atoms with Crippen molar-refractivity contribution in [1.82, 2.24) is 15.3 Å². The van der Waals surface area contributed by atoms with Crippen molar-refractivity contribution in [2.24, 2.45) is 0 Å². The van der Waals surface area contributed by atoms with Crippen molar-refractivity contribution in [2.45, 2.75) is 78.4 Å². The summed E-state index contributed by atoms with van der Waals surface area (Å²) in [5, 5.41) is 26.6. The molecule has 0 bridgehead atoms. The second kappa shape index (κ2) is 20.6. The third kappa shape index (κ3) is 14.7. The summed E-state index contributed by atoms with van der Waals surface area (Å²) in [4.78, 5) is 43.0. The van der Waals surface area contributed by atoms with E-state index < -0.39 is 17.7 Å². The number of hydrogen-bond donors (Lipinski definition) is 4. The number of fused-ring (bicyclic) bond motifs is 2. The quantitative estimate of drug-likeness (QED) is 0.101. The fourth-order valence-electron chi connectivity index (χ4n) is 5.07. The summed E-state index contributed by atoms with van der Waals surface area (Å²) < 4.78 is 5.36. The lowest BCUT2D eigenvalue weighted by Gasteiger charge is -2.23. The van der Waals surface area contributed by atoms with Gasteiger partial charge in [-0.1, -0.05) is 26.5 Å². The molecule has 0 saturated heterocycles. The number of nitrogens with two attached hydrogens (primary N) is 1. The van der Waals surface area contributed by atoms with Gasteiger partial charge in [0.05, 0.1) is 6.04 Å². The van der Waals surface area contributed by atoms with Crippen LogP contribution >= 0.6 is 22.7 Å². The Morgan fingerprint density at radius 3 is 2.00 bits per heavy atom. The van der Waals surface area contributed by atoms with Crippen LogP contribution in [-0.2, 0) is 14.3 Å². The molecule has 0 radical (unpaired) electrons. The number of hydrogen-bond acceptors (Lipinski definition) is 9. The second-order valence-corrected chi connectivity index (χ2v) is 14.7. The van der Waals surface area contributed by atoms with Crippen LogP contribution in [0.5, 0.6) is 0 Å². The van der Waals surface area contributed by atoms with E-state index >= 15 is 0 Å². The van der Waals surface area contributed by atoms with E-state index in [1.165, 1.54) is 5.56 Å². The molecule has 2 unspecified atom stereocenters. The van der Waals surface area contributed by atoms with Crippen LogP contribution in [0.25, 0.3) is 21.5 Å². The molecule has 2 atom stereocenters. The molecule has 0 saturated carbocycles. The number of carboxylic acid groups (broad SMARTS) is 1. The Morgan fingerprint density at radius 1 is 0.811 bits per heavy atom. The van der Waals surface area contributed by atoms with Gasteiger partial charge in [-0.3, -0.25) is 19.6 Å². The molecule has 280 valence electrons. The molecule has 0 aliphatic rings. The summed E-state index contributed by atoms with van der Waals surface area (Å²) in [5.74, 6) is -0.450. The number of ether oxygens (including phenoxy) is 1. The number of nitrogens with zero attached hydrogens (tertiary/aromatic N) is 2. The van der Waals surface area contributed by atoms with Crippen LogP contribution in [0.15, 0.2) is 107 Å². The number of benzene rings is 2. The number of alkyl carbamates (subject to hydrolysis) is 1. The van der Waals surface area contributed by atoms with Gasteiger partial charge in [-0.2, -0.15) is 22.7 Å². The summed E-state index contributed by atoms with van der Waals surface area (Å²) in [6.45, 7) is 7.52. The van der Waals surface area contributed by atoms with Crippen molar-refractivity contribution in [1.29, 1.82) is 0 Å². The number of carboxylic acids is 1. The number of amides is 2. The van der Waals surface area contributed by atoms with Crippen LogP contribution in [0.4, 0.5) is 16.2 Å². The predicted octanol–water partition coefficient (Wildman–Crippen LogP) is 10.5. The Morgan fingerprint density at radius 2 is 1.42 bits per heavy atom. The number of anilines is 2. The molecule has 2 amide bonds. The maximum absolute atomic E-state index is 12.5. The van der Waals surface area contributed by atoms with Gasteiger partial charge in [-0.05, 0) is 131 Å². The number of nitrogen functional groups attached to an aromatic ring is 1. The number of thiophene rings is 2. The summed E-state index contributed by atoms with van der Waals surface area (Å²) >= 11 is 3.20. The van der Waals surface area contributed by atoms with Crippen molar-refractivity contribution in [2.75, 3.05) is 11.1 Å². The second-order valence-electron chi connectivity index (χ2n) is 13.2. The molecule has 6 rings (SSSR count). The molecule has 10 nitrogen and oxygen atoms in total. The van der Waals surface area contributed by atoms with E-state index in [1.807, 2.05) is 97.7 Å². The van der Waals surface area contributed by atoms with E-state index in [1.54, 1.807) is 41.3 Å². The fraction of sp³-hybridized carbons (Fsp3) is 0.293. The van der Waals surface area contributed by atoms with Crippen LogP contribution in [0.3, 0.4) is 0 Å². The molecular formula is C41H49N5O5S2. The van der Waals surface area contributed by atoms with E-state index in [9.17, 15) is 14.4 Å². The maximum atomic E-state index is 12.5. The Bertz CT molecular complexity index is 2030. The van der Waals surface area contributed by atoms with Crippen molar-refractivity contribution < 1.29 is 24.2 Å². The van der Waals surface area contributed by atoms with Crippen LogP contribution in [0, 0.1) is 0 Å². The zero-order valence-corrected chi connectivity index (χ0v) is 31.4. The standard InChI is InChI=1S/C22H25N3O3S.C9H8N2.C9H12O2S.CH4/c1-22(2,3)28-21(27)25-19(17-9-11-29-14-17)6-7-20(26)24-18-5-4-16-13-23-10-8-15(16)12-18;10-9-2-1-8-6-11-4-3-7(8)5-9;1-7(2-3-9(10)11)8-4-5-12-6-8;/h4-5,8-14,19H,6-7H2,1-3H3,(H,24,26)(H,25,27);1-6H,10H2;4-7H,2-3H2,1H3,(H,10,11);1H4. The lowest BCUT2D eigenvalue weighted by Crippen LogP contribution is -2.35. The highest BCUT2D eigenvalue weighted by atomic mass is 32.1. The van der Waals surface area contributed by atoms with E-state index in [0.29, 0.717) is 12.3 Å². The summed E-state index contributed by atoms with van der Waals surface area (Å²) in [6, 6.07) is 19.1. The van der Waals surface area contributed by atoms with E-state index in [-0.39, 0.29) is 32.2 Å². The van der Waals surface area contributed by atoms with Crippen LogP contribution in [0.2, 0.25) is 0 Å². The highest BCUT2D eigenvalue weighted by Gasteiger charge is 2.21. The Balaban J connectivity index is 0.000000257. The smallest absolute Gasteiger partial charge is 0.408 e. The third-order valence-electron chi connectivity index (χ3n) is 7.79. The molecule has 12 heteroatoms. The molecule has 0 aliphatic heterocycles. The van der Waals surface area contributed by atoms with Crippen LogP contribution in [0.1, 0.15) is 83.9 Å². The third-order valence-corrected chi connectivity index (χ3v) is 9.19. The molecule has 6 aromatic rings. The minimum atomic E-state index is -0.711. The number of carbonyl (C=O) groups is 3. The van der Waals surface area contributed by atoms with Crippen molar-refractivity contribution >= 4 is 73.6 Å². The van der Waals surface area contributed by atoms with Gasteiger partial charge in [-0.25, -0.2) is 4.79 Å². The molecule has 0 fully saturated rings. The molecule has 2 aromatic carbocycles. The van der Waals surface area contributed by atoms with Crippen LogP contribution < -0.4 is 16.4 Å². The van der Waals surface area contributed by atoms with E-state index in [0.717, 1.165) is 44.9 Å². The Labute approximate surface area is 319 Å². The fourth-order valence-corrected chi connectivity index (χ4v) is 6.57. The van der Waals surface area contributed by atoms with Gasteiger partial charge < -0.3 is 26.2 Å². The zero-order chi connectivity index (χ0) is 37.5. The average Bonchev–Trinajstić information content (AvgIpc) is 3.85. The first-order chi connectivity index (χ1) is 24.9. The number of rotatable bonds is 10. The molecule has 0 aliphatic carbocycles. The SMILES string of the molecule is C.CC(C)(C)OC(=O)NC(CCC(=O)Nc1ccc2cnccc2c1)c1ccsc1.CC(CCC(=O)O)c1ccsc1.Nc1ccc2cnccc2c1. The normalized spacial score (nSPS) is 11.8. The lowest BCUT2D eigenvalue weighted by molar-refractivity contribution is -0.137. The minimum Gasteiger partial charge on any atom is -0.481 e. The molecule has 4 heterocycles. The number of aromatic nitrogens is 2. The molecule has 0 spiro atoms. The highest BCUT2D eigenvalue weighted by molar-refractivity contribution is 7.08. The van der Waals surface area contributed by atoms with Crippen molar-refractivity contribution in [3.05, 3.63) is 118 Å². The van der Waals surface area contributed by atoms with Gasteiger partial charge in [0.25, 0.3) is 0 Å². The lowest BCUT2D eigenvalue weighted by atomic mass is 9.99. The minimum absolute atomic E-state index is 0. The Hall–Kier alpha value is -5.33.